The predicted octanol–water partition coefficient (Wildman–Crippen LogP) is 8.73. The number of rotatable bonds is 12. The Kier molecular flexibility index (Phi) is 9.94. The number of benzene rings is 4. The molecule has 0 fully saturated rings. The van der Waals surface area contributed by atoms with Gasteiger partial charge in [-0.2, -0.15) is 0 Å². The summed E-state index contributed by atoms with van der Waals surface area (Å²) in [6.07, 6.45) is 2.25. The molecule has 0 saturated heterocycles. The van der Waals surface area contributed by atoms with E-state index in [9.17, 15) is 9.18 Å². The van der Waals surface area contributed by atoms with Gasteiger partial charge in [0.1, 0.15) is 11.6 Å². The van der Waals surface area contributed by atoms with Crippen LogP contribution in [-0.4, -0.2) is 19.2 Å². The molecule has 0 heterocycles. The number of carbonyl (C=O) groups is 1. The highest BCUT2D eigenvalue weighted by atomic mass is 19.1. The Morgan fingerprint density at radius 2 is 1.73 bits per heavy atom. The first kappa shape index (κ1) is 29.3. The first-order valence-corrected chi connectivity index (χ1v) is 14.2. The fourth-order valence-corrected chi connectivity index (χ4v) is 5.21. The van der Waals surface area contributed by atoms with E-state index in [4.69, 9.17) is 9.47 Å². The number of methoxy groups -OCH3 is 1. The molecule has 0 aromatic heterocycles. The molecular formula is C35H40FNO3. The molecule has 0 aliphatic carbocycles. The van der Waals surface area contributed by atoms with Gasteiger partial charge in [-0.1, -0.05) is 55.8 Å². The van der Waals surface area contributed by atoms with Gasteiger partial charge in [0.05, 0.1) is 13.2 Å². The lowest BCUT2D eigenvalue weighted by Crippen LogP contribution is -2.24. The lowest BCUT2D eigenvalue weighted by Gasteiger charge is -2.25. The third-order valence-corrected chi connectivity index (χ3v) is 7.23. The van der Waals surface area contributed by atoms with Gasteiger partial charge in [0.2, 0.25) is 0 Å². The lowest BCUT2D eigenvalue weighted by molar-refractivity contribution is -0.147. The van der Waals surface area contributed by atoms with Gasteiger partial charge in [0, 0.05) is 18.5 Å². The van der Waals surface area contributed by atoms with Crippen LogP contribution in [0.5, 0.6) is 5.75 Å². The smallest absolute Gasteiger partial charge is 0.306 e. The monoisotopic (exact) mass is 541 g/mol. The van der Waals surface area contributed by atoms with E-state index < -0.39 is 0 Å². The van der Waals surface area contributed by atoms with E-state index in [2.05, 4.69) is 55.6 Å². The molecular weight excluding hydrogens is 501 g/mol. The summed E-state index contributed by atoms with van der Waals surface area (Å²) in [6.45, 7) is 8.00. The lowest BCUT2D eigenvalue weighted by atomic mass is 9.90. The van der Waals surface area contributed by atoms with E-state index >= 15 is 0 Å². The molecule has 0 bridgehead atoms. The van der Waals surface area contributed by atoms with Crippen LogP contribution in [0.4, 0.5) is 4.39 Å². The summed E-state index contributed by atoms with van der Waals surface area (Å²) in [5, 5.41) is 6.09. The molecule has 0 amide bonds. The molecule has 0 radical (unpaired) electrons. The summed E-state index contributed by atoms with van der Waals surface area (Å²) in [5.74, 6) is 0.223. The standard InChI is InChI=1S/C35H40FNO3/c1-6-10-34(37-24(4)25-12-9-13-30(21-25)39-5)29-20-26-11-7-8-14-31(26)32(22-29)27-15-17-33(36)28(19-27)16-18-35(38)40-23(2)3/h7-9,11-15,17,19-24,34,37H,6,10,16,18H2,1-5H3/t24-,34?/m1/s1. The molecule has 4 nitrogen and oxygen atoms in total. The third kappa shape index (κ3) is 7.28. The number of ether oxygens (including phenoxy) is 2. The van der Waals surface area contributed by atoms with Crippen molar-refractivity contribution in [3.8, 4) is 16.9 Å². The normalized spacial score (nSPS) is 12.9. The van der Waals surface area contributed by atoms with Crippen molar-refractivity contribution < 1.29 is 18.7 Å². The SMILES string of the molecule is CCCC(N[C@H](C)c1cccc(OC)c1)c1cc(-c2ccc(F)c(CCC(=O)OC(C)C)c2)c2ccccc2c1. The van der Waals surface area contributed by atoms with E-state index in [0.717, 1.165) is 40.5 Å². The number of aryl methyl sites for hydroxylation is 1. The van der Waals surface area contributed by atoms with E-state index in [1.54, 1.807) is 7.11 Å². The van der Waals surface area contributed by atoms with Gasteiger partial charge in [-0.25, -0.2) is 4.39 Å². The third-order valence-electron chi connectivity index (χ3n) is 7.23. The maximum atomic E-state index is 14.8. The Morgan fingerprint density at radius 3 is 2.48 bits per heavy atom. The summed E-state index contributed by atoms with van der Waals surface area (Å²) in [5.41, 5.74) is 4.86. The molecule has 1 unspecified atom stereocenters. The van der Waals surface area contributed by atoms with Crippen LogP contribution >= 0.6 is 0 Å². The molecule has 4 aromatic carbocycles. The van der Waals surface area contributed by atoms with Crippen molar-refractivity contribution >= 4 is 16.7 Å². The average molecular weight is 542 g/mol. The quantitative estimate of drug-likeness (QED) is 0.182. The van der Waals surface area contributed by atoms with Crippen LogP contribution in [0, 0.1) is 5.82 Å². The molecule has 0 aliphatic rings. The highest BCUT2D eigenvalue weighted by Crippen LogP contribution is 2.35. The Morgan fingerprint density at radius 1 is 0.925 bits per heavy atom. The van der Waals surface area contributed by atoms with Crippen LogP contribution in [0.25, 0.3) is 21.9 Å². The first-order chi connectivity index (χ1) is 19.3. The average Bonchev–Trinajstić information content (AvgIpc) is 2.95. The summed E-state index contributed by atoms with van der Waals surface area (Å²) in [4.78, 5) is 12.1. The number of hydrogen-bond acceptors (Lipinski definition) is 4. The zero-order valence-corrected chi connectivity index (χ0v) is 24.2. The number of fused-ring (bicyclic) bond motifs is 1. The molecule has 4 aromatic rings. The summed E-state index contributed by atoms with van der Waals surface area (Å²) in [7, 11) is 1.69. The molecule has 1 N–H and O–H groups in total. The van der Waals surface area contributed by atoms with Gasteiger partial charge in [0.15, 0.2) is 0 Å². The summed E-state index contributed by atoms with van der Waals surface area (Å²) in [6, 6.07) is 26.4. The highest BCUT2D eigenvalue weighted by Gasteiger charge is 2.19. The van der Waals surface area contributed by atoms with Crippen LogP contribution < -0.4 is 10.1 Å². The Labute approximate surface area is 237 Å². The van der Waals surface area contributed by atoms with E-state index in [-0.39, 0.29) is 36.4 Å². The van der Waals surface area contributed by atoms with Crippen molar-refractivity contribution in [3.05, 3.63) is 101 Å². The molecule has 5 heteroatoms. The van der Waals surface area contributed by atoms with Gasteiger partial charge < -0.3 is 14.8 Å². The first-order valence-electron chi connectivity index (χ1n) is 14.2. The van der Waals surface area contributed by atoms with Crippen molar-refractivity contribution in [2.75, 3.05) is 7.11 Å². The fraction of sp³-hybridized carbons (Fsp3) is 0.343. The molecule has 40 heavy (non-hydrogen) atoms. The van der Waals surface area contributed by atoms with Crippen LogP contribution in [0.2, 0.25) is 0 Å². The number of halogens is 1. The zero-order valence-electron chi connectivity index (χ0n) is 24.2. The Bertz CT molecular complexity index is 1450. The zero-order chi connectivity index (χ0) is 28.6. The van der Waals surface area contributed by atoms with Crippen LogP contribution in [0.3, 0.4) is 0 Å². The van der Waals surface area contributed by atoms with E-state index in [1.807, 2.05) is 50.2 Å². The van der Waals surface area contributed by atoms with Crippen molar-refractivity contribution in [2.45, 2.75) is 71.6 Å². The van der Waals surface area contributed by atoms with Crippen molar-refractivity contribution in [2.24, 2.45) is 0 Å². The Balaban J connectivity index is 1.70. The molecule has 2 atom stereocenters. The maximum absolute atomic E-state index is 14.8. The Hall–Kier alpha value is -3.70. The second-order valence-electron chi connectivity index (χ2n) is 10.6. The summed E-state index contributed by atoms with van der Waals surface area (Å²) >= 11 is 0. The number of esters is 1. The van der Waals surface area contributed by atoms with Gasteiger partial charge in [-0.3, -0.25) is 4.79 Å². The number of hydrogen-bond donors (Lipinski definition) is 1. The van der Waals surface area contributed by atoms with E-state index in [0.29, 0.717) is 12.0 Å². The number of carbonyl (C=O) groups excluding carboxylic acids is 1. The molecule has 0 saturated carbocycles. The van der Waals surface area contributed by atoms with Crippen molar-refractivity contribution in [1.29, 1.82) is 0 Å². The largest absolute Gasteiger partial charge is 0.497 e. The van der Waals surface area contributed by atoms with Gasteiger partial charge in [-0.05, 0) is 109 Å². The second kappa shape index (κ2) is 13.6. The second-order valence-corrected chi connectivity index (χ2v) is 10.6. The maximum Gasteiger partial charge on any atom is 0.306 e. The molecule has 0 aliphatic heterocycles. The topological polar surface area (TPSA) is 47.6 Å². The van der Waals surface area contributed by atoms with Crippen LogP contribution in [0.15, 0.2) is 78.9 Å². The van der Waals surface area contributed by atoms with Crippen molar-refractivity contribution in [1.82, 2.24) is 5.32 Å². The molecule has 4 rings (SSSR count). The predicted molar refractivity (Wildman–Crippen MR) is 161 cm³/mol. The van der Waals surface area contributed by atoms with Gasteiger partial charge >= 0.3 is 5.97 Å². The minimum Gasteiger partial charge on any atom is -0.497 e. The molecule has 0 spiro atoms. The van der Waals surface area contributed by atoms with Gasteiger partial charge in [0.25, 0.3) is 0 Å². The highest BCUT2D eigenvalue weighted by molar-refractivity contribution is 5.97. The van der Waals surface area contributed by atoms with Gasteiger partial charge in [-0.15, -0.1) is 0 Å². The molecule has 210 valence electrons. The van der Waals surface area contributed by atoms with E-state index in [1.165, 1.54) is 17.2 Å². The van der Waals surface area contributed by atoms with Crippen LogP contribution in [-0.2, 0) is 16.0 Å². The van der Waals surface area contributed by atoms with Crippen molar-refractivity contribution in [3.63, 3.8) is 0 Å². The fourth-order valence-electron chi connectivity index (χ4n) is 5.21. The van der Waals surface area contributed by atoms with Crippen LogP contribution in [0.1, 0.15) is 75.7 Å². The number of nitrogens with one attached hydrogen (secondary N) is 1. The summed E-state index contributed by atoms with van der Waals surface area (Å²) < 4.78 is 25.5. The minimum absolute atomic E-state index is 0.115. The minimum atomic E-state index is -0.314.